The highest BCUT2D eigenvalue weighted by atomic mass is 32.2. The van der Waals surface area contributed by atoms with Gasteiger partial charge in [-0.2, -0.15) is 11.8 Å². The Bertz CT molecular complexity index is 592. The molecule has 0 spiro atoms. The predicted molar refractivity (Wildman–Crippen MR) is 104 cm³/mol. The Morgan fingerprint density at radius 2 is 1.80 bits per heavy atom. The third-order valence-electron chi connectivity index (χ3n) is 5.87. The van der Waals surface area contributed by atoms with Crippen molar-refractivity contribution in [1.29, 1.82) is 0 Å². The summed E-state index contributed by atoms with van der Waals surface area (Å²) in [6.45, 7) is 2.58. The maximum absolute atomic E-state index is 12.8. The van der Waals surface area contributed by atoms with E-state index in [1.165, 1.54) is 48.6 Å². The number of nitrogens with zero attached hydrogens (tertiary/aromatic N) is 2. The zero-order valence-electron chi connectivity index (χ0n) is 14.7. The van der Waals surface area contributed by atoms with Crippen molar-refractivity contribution in [2.45, 2.75) is 56.7 Å². The Kier molecular flexibility index (Phi) is 5.70. The molecule has 1 aromatic heterocycles. The minimum Gasteiger partial charge on any atom is -0.393 e. The van der Waals surface area contributed by atoms with Gasteiger partial charge in [0.25, 0.3) is 5.91 Å². The van der Waals surface area contributed by atoms with E-state index in [9.17, 15) is 9.90 Å². The van der Waals surface area contributed by atoms with Gasteiger partial charge in [0.05, 0.1) is 11.0 Å². The topological polar surface area (TPSA) is 43.8 Å². The fourth-order valence-corrected chi connectivity index (χ4v) is 6.63. The molecule has 0 aromatic carbocycles. The third kappa shape index (κ3) is 3.92. The lowest BCUT2D eigenvalue weighted by atomic mass is 10.1. The van der Waals surface area contributed by atoms with Gasteiger partial charge in [-0.15, -0.1) is 11.3 Å². The first-order valence-corrected chi connectivity index (χ1v) is 11.6. The first kappa shape index (κ1) is 17.8. The number of piperidine rings is 1. The number of aliphatic hydroxyl groups is 1. The number of aliphatic hydroxyl groups excluding tert-OH is 1. The minimum absolute atomic E-state index is 0.154. The fourth-order valence-electron chi connectivity index (χ4n) is 4.42. The first-order chi connectivity index (χ1) is 12.2. The smallest absolute Gasteiger partial charge is 0.263 e. The zero-order valence-corrected chi connectivity index (χ0v) is 16.4. The van der Waals surface area contributed by atoms with Crippen molar-refractivity contribution in [3.05, 3.63) is 21.9 Å². The lowest BCUT2D eigenvalue weighted by molar-refractivity contribution is 0.0550. The van der Waals surface area contributed by atoms with Crippen molar-refractivity contribution in [2.75, 3.05) is 31.1 Å². The number of carbonyl (C=O) groups excluding carboxylic acids is 1. The second-order valence-corrected chi connectivity index (χ2v) is 9.80. The van der Waals surface area contributed by atoms with Crippen molar-refractivity contribution < 1.29 is 9.90 Å². The van der Waals surface area contributed by atoms with Crippen LogP contribution in [-0.2, 0) is 0 Å². The highest BCUT2D eigenvalue weighted by Gasteiger charge is 2.34. The van der Waals surface area contributed by atoms with Crippen molar-refractivity contribution in [1.82, 2.24) is 9.80 Å². The number of carbonyl (C=O) groups is 1. The van der Waals surface area contributed by atoms with Gasteiger partial charge in [0.15, 0.2) is 0 Å². The van der Waals surface area contributed by atoms with E-state index in [4.69, 9.17) is 0 Å². The average molecular weight is 381 g/mol. The Morgan fingerprint density at radius 3 is 2.56 bits per heavy atom. The molecule has 138 valence electrons. The van der Waals surface area contributed by atoms with Crippen LogP contribution in [0.5, 0.6) is 0 Å². The summed E-state index contributed by atoms with van der Waals surface area (Å²) in [7, 11) is 0. The summed E-state index contributed by atoms with van der Waals surface area (Å²) in [6, 6.07) is 5.47. The lowest BCUT2D eigenvalue weighted by Gasteiger charge is -2.35. The van der Waals surface area contributed by atoms with Gasteiger partial charge in [0.1, 0.15) is 0 Å². The van der Waals surface area contributed by atoms with E-state index >= 15 is 0 Å². The molecule has 1 amide bonds. The Labute approximate surface area is 158 Å². The Morgan fingerprint density at radius 1 is 1.04 bits per heavy atom. The summed E-state index contributed by atoms with van der Waals surface area (Å²) < 4.78 is 0. The van der Waals surface area contributed by atoms with Crippen LogP contribution in [0.2, 0.25) is 0 Å². The number of hydrogen-bond donors (Lipinski definition) is 1. The van der Waals surface area contributed by atoms with Crippen LogP contribution < -0.4 is 0 Å². The predicted octanol–water partition coefficient (Wildman–Crippen LogP) is 3.38. The molecule has 1 N–H and O–H groups in total. The molecule has 0 aliphatic carbocycles. The largest absolute Gasteiger partial charge is 0.393 e. The van der Waals surface area contributed by atoms with Crippen molar-refractivity contribution >= 4 is 29.0 Å². The third-order valence-corrected chi connectivity index (χ3v) is 8.09. The summed E-state index contributed by atoms with van der Waals surface area (Å²) in [5.74, 6) is 2.74. The van der Waals surface area contributed by atoms with Gasteiger partial charge in [0, 0.05) is 30.1 Å². The Hall–Kier alpha value is -0.560. The van der Waals surface area contributed by atoms with E-state index in [0.717, 1.165) is 10.9 Å². The maximum atomic E-state index is 12.8. The monoisotopic (exact) mass is 380 g/mol. The summed E-state index contributed by atoms with van der Waals surface area (Å²) in [5.41, 5.74) is 0. The number of thiophene rings is 1. The van der Waals surface area contributed by atoms with Gasteiger partial charge >= 0.3 is 0 Å². The average Bonchev–Trinajstić information content (AvgIpc) is 3.32. The van der Waals surface area contributed by atoms with E-state index in [2.05, 4.69) is 22.7 Å². The van der Waals surface area contributed by atoms with Gasteiger partial charge in [-0.05, 0) is 68.7 Å². The molecule has 0 radical (unpaired) electrons. The molecule has 3 aliphatic rings. The molecule has 0 bridgehead atoms. The normalized spacial score (nSPS) is 27.1. The molecule has 1 aromatic rings. The first-order valence-electron chi connectivity index (χ1n) is 9.63. The fraction of sp³-hybridized carbons (Fsp3) is 0.737. The van der Waals surface area contributed by atoms with Gasteiger partial charge in [-0.3, -0.25) is 9.69 Å². The van der Waals surface area contributed by atoms with E-state index in [0.29, 0.717) is 32.0 Å². The Balaban J connectivity index is 1.44. The molecular formula is C19H28N2O2S2. The highest BCUT2D eigenvalue weighted by Crippen LogP contribution is 2.40. The van der Waals surface area contributed by atoms with Gasteiger partial charge in [-0.1, -0.05) is 0 Å². The molecule has 1 atom stereocenters. The molecule has 0 saturated carbocycles. The van der Waals surface area contributed by atoms with E-state index < -0.39 is 0 Å². The van der Waals surface area contributed by atoms with Crippen LogP contribution in [0.15, 0.2) is 12.1 Å². The van der Waals surface area contributed by atoms with Crippen LogP contribution in [-0.4, -0.2) is 64.1 Å². The number of hydrogen-bond acceptors (Lipinski definition) is 5. The molecule has 4 rings (SSSR count). The van der Waals surface area contributed by atoms with E-state index in [1.54, 1.807) is 11.3 Å². The number of likely N-dealkylation sites (tertiary alicyclic amines) is 2. The second-order valence-electron chi connectivity index (χ2n) is 7.46. The molecular weight excluding hydrogens is 352 g/mol. The van der Waals surface area contributed by atoms with Crippen LogP contribution in [0.3, 0.4) is 0 Å². The number of amides is 1. The molecule has 4 heterocycles. The zero-order chi connectivity index (χ0) is 17.2. The molecule has 6 heteroatoms. The molecule has 3 fully saturated rings. The van der Waals surface area contributed by atoms with E-state index in [-0.39, 0.29) is 12.0 Å². The maximum Gasteiger partial charge on any atom is 0.263 e. The molecule has 4 nitrogen and oxygen atoms in total. The SMILES string of the molecule is O=C(c1ccc(C2CCCN2C2CCSCC2)s1)N1CCC(O)CC1. The van der Waals surface area contributed by atoms with E-state index in [1.807, 2.05) is 11.0 Å². The molecule has 3 saturated heterocycles. The summed E-state index contributed by atoms with van der Waals surface area (Å²) >= 11 is 3.79. The van der Waals surface area contributed by atoms with Crippen molar-refractivity contribution in [3.8, 4) is 0 Å². The van der Waals surface area contributed by atoms with Crippen molar-refractivity contribution in [2.24, 2.45) is 0 Å². The summed E-state index contributed by atoms with van der Waals surface area (Å²) in [6.07, 6.45) is 6.32. The quantitative estimate of drug-likeness (QED) is 0.873. The highest BCUT2D eigenvalue weighted by molar-refractivity contribution is 7.99. The van der Waals surface area contributed by atoms with Crippen LogP contribution in [0.4, 0.5) is 0 Å². The number of thioether (sulfide) groups is 1. The standard InChI is InChI=1S/C19H28N2O2S2/c22-15-5-10-20(11-6-15)19(23)18-4-3-17(25-18)16-2-1-9-21(16)14-7-12-24-13-8-14/h3-4,14-16,22H,1-2,5-13H2. The van der Waals surface area contributed by atoms with Gasteiger partial charge in [-0.25, -0.2) is 0 Å². The van der Waals surface area contributed by atoms with Crippen molar-refractivity contribution in [3.63, 3.8) is 0 Å². The number of rotatable bonds is 3. The van der Waals surface area contributed by atoms with Crippen LogP contribution in [0.1, 0.15) is 59.1 Å². The summed E-state index contributed by atoms with van der Waals surface area (Å²) in [5, 5.41) is 9.64. The summed E-state index contributed by atoms with van der Waals surface area (Å²) in [4.78, 5) is 19.6. The molecule has 25 heavy (non-hydrogen) atoms. The lowest BCUT2D eigenvalue weighted by Crippen LogP contribution is -2.39. The minimum atomic E-state index is -0.233. The van der Waals surface area contributed by atoms with Crippen LogP contribution in [0, 0.1) is 0 Å². The van der Waals surface area contributed by atoms with Gasteiger partial charge < -0.3 is 10.0 Å². The van der Waals surface area contributed by atoms with Gasteiger partial charge in [0.2, 0.25) is 0 Å². The molecule has 1 unspecified atom stereocenters. The van der Waals surface area contributed by atoms with Crippen LogP contribution in [0.25, 0.3) is 0 Å². The molecule has 3 aliphatic heterocycles. The second kappa shape index (κ2) is 7.99. The van der Waals surface area contributed by atoms with Crippen LogP contribution >= 0.6 is 23.1 Å².